The highest BCUT2D eigenvalue weighted by atomic mass is 35.5. The van der Waals surface area contributed by atoms with E-state index < -0.39 is 42.3 Å². The molecule has 1 fully saturated rings. The Morgan fingerprint density at radius 3 is 2.46 bits per heavy atom. The number of carboxylic acids is 1. The van der Waals surface area contributed by atoms with E-state index in [1.54, 1.807) is 38.1 Å². The lowest BCUT2D eigenvalue weighted by Gasteiger charge is -2.25. The molecule has 1 saturated heterocycles. The number of urea groups is 1. The van der Waals surface area contributed by atoms with Gasteiger partial charge in [0.25, 0.3) is 0 Å². The molecule has 2 aromatic rings. The molecule has 2 atom stereocenters. The average Bonchev–Trinajstić information content (AvgIpc) is 3.00. The summed E-state index contributed by atoms with van der Waals surface area (Å²) in [5, 5.41) is 23.1. The molecule has 1 unspecified atom stereocenters. The molecule has 0 bridgehead atoms. The Morgan fingerprint density at radius 1 is 1.23 bits per heavy atom. The first kappa shape index (κ1) is 31.4. The Bertz CT molecular complexity index is 1200. The summed E-state index contributed by atoms with van der Waals surface area (Å²) in [6.45, 7) is 4.89. The highest BCUT2D eigenvalue weighted by molar-refractivity contribution is 6.30. The molecule has 39 heavy (non-hydrogen) atoms. The van der Waals surface area contributed by atoms with Crippen molar-refractivity contribution in [1.29, 1.82) is 0 Å². The lowest BCUT2D eigenvalue weighted by atomic mass is 9.97. The van der Waals surface area contributed by atoms with Crippen LogP contribution < -0.4 is 21.1 Å². The molecule has 0 aliphatic carbocycles. The number of aliphatic hydroxyl groups excluding tert-OH is 1. The topological polar surface area (TPSA) is 171 Å². The van der Waals surface area contributed by atoms with E-state index in [1.807, 2.05) is 6.92 Å². The van der Waals surface area contributed by atoms with E-state index >= 15 is 0 Å². The third kappa shape index (κ3) is 8.86. The van der Waals surface area contributed by atoms with Crippen molar-refractivity contribution < 1.29 is 34.1 Å². The minimum absolute atomic E-state index is 0.0476. The van der Waals surface area contributed by atoms with Crippen molar-refractivity contribution in [1.82, 2.24) is 15.5 Å². The molecule has 212 valence electrons. The summed E-state index contributed by atoms with van der Waals surface area (Å²) in [5.74, 6) is -2.31. The number of nitrogens with one attached hydrogen (secondary N) is 2. The number of rotatable bonds is 7. The van der Waals surface area contributed by atoms with Gasteiger partial charge >= 0.3 is 12.0 Å². The van der Waals surface area contributed by atoms with E-state index in [0.717, 1.165) is 4.90 Å². The molecule has 12 heteroatoms. The minimum atomic E-state index is -1.16. The zero-order chi connectivity index (χ0) is 29.3. The molecule has 0 spiro atoms. The summed E-state index contributed by atoms with van der Waals surface area (Å²) >= 11 is 6.11. The van der Waals surface area contributed by atoms with Gasteiger partial charge in [0.15, 0.2) is 0 Å². The lowest BCUT2D eigenvalue weighted by Crippen LogP contribution is -2.48. The molecule has 4 amide bonds. The standard InChI is InChI=1S/C24H27ClN4O6.C3H8O/c1-3-19(13-4-6-17(23(32)33)18(26)10-13)28-24(34)29-12-21(30)27-11-15(22(29)31)8-14-9-16(25)5-7-20(14)35-2;1-3(2)4/h4-7,9-10,15,19H,3,8,11-12,26H2,1-2H3,(H,27,30)(H,28,34)(H,32,33);3-4H,1-2H3/t15-,19?;/m1./s1. The normalized spacial score (nSPS) is 16.0. The molecular weight excluding hydrogens is 528 g/mol. The summed E-state index contributed by atoms with van der Waals surface area (Å²) in [5.41, 5.74) is 7.11. The number of hydrogen-bond acceptors (Lipinski definition) is 7. The monoisotopic (exact) mass is 562 g/mol. The number of halogens is 1. The smallest absolute Gasteiger partial charge is 0.337 e. The molecule has 2 aromatic carbocycles. The Kier molecular flexibility index (Phi) is 11.6. The van der Waals surface area contributed by atoms with E-state index in [9.17, 15) is 24.3 Å². The van der Waals surface area contributed by atoms with Crippen molar-refractivity contribution in [3.8, 4) is 5.75 Å². The zero-order valence-corrected chi connectivity index (χ0v) is 23.1. The number of aromatic carboxylic acids is 1. The summed E-state index contributed by atoms with van der Waals surface area (Å²) in [7, 11) is 1.50. The van der Waals surface area contributed by atoms with Crippen LogP contribution in [-0.2, 0) is 16.0 Å². The number of methoxy groups -OCH3 is 1. The average molecular weight is 563 g/mol. The third-order valence-corrected chi connectivity index (χ3v) is 6.07. The van der Waals surface area contributed by atoms with Crippen LogP contribution in [0.4, 0.5) is 10.5 Å². The minimum Gasteiger partial charge on any atom is -0.496 e. The van der Waals surface area contributed by atoms with Crippen LogP contribution in [0.25, 0.3) is 0 Å². The molecule has 3 rings (SSSR count). The number of nitrogen functional groups attached to an aromatic ring is 1. The number of nitrogens with two attached hydrogens (primary N) is 1. The van der Waals surface area contributed by atoms with Gasteiger partial charge in [-0.2, -0.15) is 0 Å². The number of benzene rings is 2. The largest absolute Gasteiger partial charge is 0.496 e. The first-order chi connectivity index (χ1) is 18.4. The molecule has 1 heterocycles. The molecular formula is C27H35ClN4O7. The molecule has 11 nitrogen and oxygen atoms in total. The Labute approximate surface area is 232 Å². The van der Waals surface area contributed by atoms with Gasteiger partial charge in [-0.1, -0.05) is 24.6 Å². The summed E-state index contributed by atoms with van der Waals surface area (Å²) in [6.07, 6.45) is 0.478. The van der Waals surface area contributed by atoms with E-state index in [4.69, 9.17) is 27.2 Å². The second-order valence-corrected chi connectivity index (χ2v) is 9.68. The Balaban J connectivity index is 0.00000124. The number of nitrogens with zero attached hydrogens (tertiary/aromatic N) is 1. The molecule has 0 saturated carbocycles. The number of hydrogen-bond donors (Lipinski definition) is 5. The van der Waals surface area contributed by atoms with E-state index in [0.29, 0.717) is 28.3 Å². The fraction of sp³-hybridized carbons (Fsp3) is 0.407. The number of carboxylic acid groups (broad SMARTS) is 1. The van der Waals surface area contributed by atoms with Gasteiger partial charge in [0, 0.05) is 23.4 Å². The van der Waals surface area contributed by atoms with Crippen molar-refractivity contribution in [3.05, 3.63) is 58.1 Å². The van der Waals surface area contributed by atoms with E-state index in [2.05, 4.69) is 10.6 Å². The second kappa shape index (κ2) is 14.4. The van der Waals surface area contributed by atoms with Crippen LogP contribution in [0.2, 0.25) is 5.02 Å². The van der Waals surface area contributed by atoms with Gasteiger partial charge in [-0.05, 0) is 68.1 Å². The number of amides is 4. The van der Waals surface area contributed by atoms with Crippen LogP contribution >= 0.6 is 11.6 Å². The van der Waals surface area contributed by atoms with Crippen molar-refractivity contribution in [2.45, 2.75) is 45.8 Å². The van der Waals surface area contributed by atoms with Gasteiger partial charge < -0.3 is 31.3 Å². The summed E-state index contributed by atoms with van der Waals surface area (Å²) in [4.78, 5) is 50.9. The number of aliphatic hydroxyl groups is 1. The highest BCUT2D eigenvalue weighted by Crippen LogP contribution is 2.27. The van der Waals surface area contributed by atoms with Crippen LogP contribution in [0.5, 0.6) is 5.75 Å². The Hall–Kier alpha value is -3.83. The van der Waals surface area contributed by atoms with Crippen molar-refractivity contribution in [2.24, 2.45) is 5.92 Å². The van der Waals surface area contributed by atoms with Crippen LogP contribution in [0.1, 0.15) is 54.7 Å². The maximum atomic E-state index is 13.3. The van der Waals surface area contributed by atoms with Gasteiger partial charge in [-0.25, -0.2) is 9.59 Å². The third-order valence-electron chi connectivity index (χ3n) is 5.83. The lowest BCUT2D eigenvalue weighted by molar-refractivity contribution is -0.133. The number of imide groups is 1. The predicted molar refractivity (Wildman–Crippen MR) is 147 cm³/mol. The second-order valence-electron chi connectivity index (χ2n) is 9.24. The SMILES string of the molecule is CC(C)O.CCC(NC(=O)N1CC(=O)NC[C@@H](Cc2cc(Cl)ccc2OC)C1=O)c1ccc(C(=O)O)c(N)c1. The summed E-state index contributed by atoms with van der Waals surface area (Å²) < 4.78 is 5.36. The van der Waals surface area contributed by atoms with Gasteiger partial charge in [0.05, 0.1) is 24.6 Å². The van der Waals surface area contributed by atoms with Crippen LogP contribution in [0.15, 0.2) is 36.4 Å². The van der Waals surface area contributed by atoms with Gasteiger partial charge in [0.2, 0.25) is 11.8 Å². The number of ether oxygens (including phenoxy) is 1. The molecule has 0 aromatic heterocycles. The van der Waals surface area contributed by atoms with Crippen molar-refractivity contribution >= 4 is 41.1 Å². The summed E-state index contributed by atoms with van der Waals surface area (Å²) in [6, 6.07) is 8.14. The zero-order valence-electron chi connectivity index (χ0n) is 22.4. The first-order valence-corrected chi connectivity index (χ1v) is 12.8. The van der Waals surface area contributed by atoms with E-state index in [-0.39, 0.29) is 30.3 Å². The Morgan fingerprint density at radius 2 is 1.90 bits per heavy atom. The fourth-order valence-corrected chi connectivity index (χ4v) is 4.16. The van der Waals surface area contributed by atoms with Gasteiger partial charge in [-0.15, -0.1) is 0 Å². The maximum Gasteiger partial charge on any atom is 0.337 e. The maximum absolute atomic E-state index is 13.3. The van der Waals surface area contributed by atoms with Gasteiger partial charge in [0.1, 0.15) is 12.3 Å². The van der Waals surface area contributed by atoms with Crippen LogP contribution in [0.3, 0.4) is 0 Å². The van der Waals surface area contributed by atoms with Crippen molar-refractivity contribution in [2.75, 3.05) is 25.9 Å². The fourth-order valence-electron chi connectivity index (χ4n) is 3.97. The highest BCUT2D eigenvalue weighted by Gasteiger charge is 2.35. The van der Waals surface area contributed by atoms with Gasteiger partial charge in [-0.3, -0.25) is 14.5 Å². The number of carbonyl (C=O) groups excluding carboxylic acids is 3. The van der Waals surface area contributed by atoms with Crippen LogP contribution in [0, 0.1) is 5.92 Å². The molecule has 6 N–H and O–H groups in total. The number of anilines is 1. The van der Waals surface area contributed by atoms with E-state index in [1.165, 1.54) is 19.2 Å². The first-order valence-electron chi connectivity index (χ1n) is 12.4. The van der Waals surface area contributed by atoms with Crippen LogP contribution in [-0.4, -0.2) is 65.2 Å². The quantitative estimate of drug-likeness (QED) is 0.320. The molecule has 1 aliphatic rings. The molecule has 1 aliphatic heterocycles. The predicted octanol–water partition coefficient (Wildman–Crippen LogP) is 2.99. The number of carbonyl (C=O) groups is 4. The molecule has 0 radical (unpaired) electrons. The van der Waals surface area contributed by atoms with Crippen molar-refractivity contribution in [3.63, 3.8) is 0 Å².